The molecule has 0 fully saturated rings. The summed E-state index contributed by atoms with van der Waals surface area (Å²) in [6, 6.07) is 18.8. The van der Waals surface area contributed by atoms with Crippen molar-refractivity contribution in [3.05, 3.63) is 94.5 Å². The number of nitrogens with zero attached hydrogens (tertiary/aromatic N) is 2. The van der Waals surface area contributed by atoms with Gasteiger partial charge in [0.2, 0.25) is 5.90 Å². The highest BCUT2D eigenvalue weighted by atomic mass is 35.5. The van der Waals surface area contributed by atoms with Crippen LogP contribution in [0.1, 0.15) is 16.8 Å². The minimum atomic E-state index is -0.335. The van der Waals surface area contributed by atoms with Gasteiger partial charge in [0, 0.05) is 17.8 Å². The second kappa shape index (κ2) is 7.34. The van der Waals surface area contributed by atoms with Crippen molar-refractivity contribution in [2.75, 3.05) is 6.61 Å². The predicted octanol–water partition coefficient (Wildman–Crippen LogP) is 4.72. The zero-order valence-electron chi connectivity index (χ0n) is 14.1. The van der Waals surface area contributed by atoms with Crippen LogP contribution in [0.2, 0.25) is 5.02 Å². The number of rotatable bonds is 5. The molecule has 0 N–H and O–H groups in total. The third-order valence-corrected chi connectivity index (χ3v) is 4.78. The van der Waals surface area contributed by atoms with Gasteiger partial charge in [-0.05, 0) is 41.8 Å². The summed E-state index contributed by atoms with van der Waals surface area (Å²) in [4.78, 5) is 4.75. The molecule has 1 aliphatic rings. The number of hydrogen-bond acceptors (Lipinski definition) is 2. The Morgan fingerprint density at radius 2 is 1.96 bits per heavy atom. The standard InChI is InChI=1S/C21H18ClFN2O/c22-19-12-17(23)9-8-16(19)13-25-10-4-7-20(25)21-24-18(14-26-21)11-15-5-2-1-3-6-15/h1-10,12,18H,11,13-14H2/t18-/m1/s1. The lowest BCUT2D eigenvalue weighted by Crippen LogP contribution is -2.11. The minimum absolute atomic E-state index is 0.116. The summed E-state index contributed by atoms with van der Waals surface area (Å²) < 4.78 is 21.1. The molecule has 2 aromatic carbocycles. The molecule has 0 aliphatic carbocycles. The predicted molar refractivity (Wildman–Crippen MR) is 101 cm³/mol. The number of ether oxygens (including phenoxy) is 1. The third kappa shape index (κ3) is 3.65. The van der Waals surface area contributed by atoms with E-state index in [9.17, 15) is 4.39 Å². The van der Waals surface area contributed by atoms with E-state index in [1.54, 1.807) is 6.07 Å². The Kier molecular flexibility index (Phi) is 4.76. The van der Waals surface area contributed by atoms with Crippen LogP contribution in [0.25, 0.3) is 0 Å². The molecule has 1 atom stereocenters. The van der Waals surface area contributed by atoms with Crippen LogP contribution in [0.15, 0.2) is 71.9 Å². The Hall–Kier alpha value is -2.59. The molecule has 132 valence electrons. The maximum Gasteiger partial charge on any atom is 0.233 e. The quantitative estimate of drug-likeness (QED) is 0.640. The monoisotopic (exact) mass is 368 g/mol. The van der Waals surface area contributed by atoms with Crippen molar-refractivity contribution in [3.8, 4) is 0 Å². The number of halogens is 2. The molecule has 1 aliphatic heterocycles. The van der Waals surface area contributed by atoms with E-state index < -0.39 is 0 Å². The zero-order chi connectivity index (χ0) is 17.9. The summed E-state index contributed by atoms with van der Waals surface area (Å²) >= 11 is 6.16. The Labute approximate surface area is 156 Å². The number of benzene rings is 2. The molecule has 3 aromatic rings. The lowest BCUT2D eigenvalue weighted by Gasteiger charge is -2.10. The van der Waals surface area contributed by atoms with Crippen LogP contribution >= 0.6 is 11.6 Å². The van der Waals surface area contributed by atoms with Crippen molar-refractivity contribution in [1.82, 2.24) is 4.57 Å². The molecule has 3 nitrogen and oxygen atoms in total. The van der Waals surface area contributed by atoms with Crippen molar-refractivity contribution in [3.63, 3.8) is 0 Å². The van der Waals surface area contributed by atoms with Gasteiger partial charge < -0.3 is 9.30 Å². The first-order valence-corrected chi connectivity index (χ1v) is 8.91. The average Bonchev–Trinajstić information content (AvgIpc) is 3.27. The van der Waals surface area contributed by atoms with Crippen molar-refractivity contribution in [2.24, 2.45) is 4.99 Å². The normalized spacial score (nSPS) is 16.4. The Morgan fingerprint density at radius 1 is 1.12 bits per heavy atom. The van der Waals surface area contributed by atoms with E-state index in [0.29, 0.717) is 24.1 Å². The van der Waals surface area contributed by atoms with Crippen molar-refractivity contribution in [1.29, 1.82) is 0 Å². The molecule has 0 spiro atoms. The molecule has 0 saturated heterocycles. The van der Waals surface area contributed by atoms with E-state index in [4.69, 9.17) is 21.3 Å². The van der Waals surface area contributed by atoms with E-state index in [2.05, 4.69) is 12.1 Å². The van der Waals surface area contributed by atoms with Gasteiger partial charge >= 0.3 is 0 Å². The van der Waals surface area contributed by atoms with Crippen LogP contribution in [-0.4, -0.2) is 23.1 Å². The molecular formula is C21H18ClFN2O. The van der Waals surface area contributed by atoms with Gasteiger partial charge in [0.1, 0.15) is 18.1 Å². The van der Waals surface area contributed by atoms with Gasteiger partial charge in [-0.25, -0.2) is 9.38 Å². The molecule has 0 saturated carbocycles. The summed E-state index contributed by atoms with van der Waals surface area (Å²) in [5.41, 5.74) is 3.01. The van der Waals surface area contributed by atoms with Gasteiger partial charge in [-0.2, -0.15) is 0 Å². The maximum atomic E-state index is 13.2. The minimum Gasteiger partial charge on any atom is -0.474 e. The second-order valence-corrected chi connectivity index (χ2v) is 6.75. The van der Waals surface area contributed by atoms with E-state index in [1.165, 1.54) is 17.7 Å². The van der Waals surface area contributed by atoms with E-state index >= 15 is 0 Å². The largest absolute Gasteiger partial charge is 0.474 e. The molecule has 0 amide bonds. The molecule has 0 radical (unpaired) electrons. The van der Waals surface area contributed by atoms with Crippen LogP contribution in [0.3, 0.4) is 0 Å². The highest BCUT2D eigenvalue weighted by molar-refractivity contribution is 6.31. The maximum absolute atomic E-state index is 13.2. The van der Waals surface area contributed by atoms with Crippen LogP contribution in [-0.2, 0) is 17.7 Å². The average molecular weight is 369 g/mol. The van der Waals surface area contributed by atoms with E-state index in [-0.39, 0.29) is 11.9 Å². The molecule has 5 heteroatoms. The first-order chi connectivity index (χ1) is 12.7. The second-order valence-electron chi connectivity index (χ2n) is 6.35. The summed E-state index contributed by atoms with van der Waals surface area (Å²) in [5, 5.41) is 0.417. The van der Waals surface area contributed by atoms with E-state index in [1.807, 2.05) is 41.1 Å². The van der Waals surface area contributed by atoms with Gasteiger partial charge in [-0.15, -0.1) is 0 Å². The molecular weight excluding hydrogens is 351 g/mol. The Morgan fingerprint density at radius 3 is 2.77 bits per heavy atom. The van der Waals surface area contributed by atoms with Gasteiger partial charge in [-0.1, -0.05) is 48.0 Å². The first-order valence-electron chi connectivity index (χ1n) is 8.53. The van der Waals surface area contributed by atoms with E-state index in [0.717, 1.165) is 17.7 Å². The van der Waals surface area contributed by atoms with Crippen molar-refractivity contribution >= 4 is 17.5 Å². The van der Waals surface area contributed by atoms with Crippen LogP contribution in [0.5, 0.6) is 0 Å². The fourth-order valence-corrected chi connectivity index (χ4v) is 3.35. The molecule has 26 heavy (non-hydrogen) atoms. The summed E-state index contributed by atoms with van der Waals surface area (Å²) in [6.07, 6.45) is 2.81. The van der Waals surface area contributed by atoms with Crippen molar-refractivity contribution < 1.29 is 9.13 Å². The van der Waals surface area contributed by atoms with Crippen LogP contribution in [0.4, 0.5) is 4.39 Å². The number of aliphatic imine (C=N–C) groups is 1. The summed E-state index contributed by atoms with van der Waals surface area (Å²) in [5.74, 6) is 0.313. The highest BCUT2D eigenvalue weighted by Gasteiger charge is 2.22. The number of hydrogen-bond donors (Lipinski definition) is 0. The summed E-state index contributed by atoms with van der Waals surface area (Å²) in [6.45, 7) is 1.11. The SMILES string of the molecule is Fc1ccc(Cn2cccc2C2=N[C@H](Cc3ccccc3)CO2)c(Cl)c1. The zero-order valence-corrected chi connectivity index (χ0v) is 14.9. The Balaban J connectivity index is 1.52. The van der Waals surface area contributed by atoms with Crippen LogP contribution in [0, 0.1) is 5.82 Å². The topological polar surface area (TPSA) is 26.5 Å². The lowest BCUT2D eigenvalue weighted by molar-refractivity contribution is 0.315. The molecule has 4 rings (SSSR count). The fraction of sp³-hybridized carbons (Fsp3) is 0.190. The molecule has 1 aromatic heterocycles. The first kappa shape index (κ1) is 16.9. The molecule has 0 bridgehead atoms. The highest BCUT2D eigenvalue weighted by Crippen LogP contribution is 2.21. The Bertz CT molecular complexity index is 936. The van der Waals surface area contributed by atoms with Crippen LogP contribution < -0.4 is 0 Å². The van der Waals surface area contributed by atoms with Gasteiger partial charge in [0.25, 0.3) is 0 Å². The van der Waals surface area contributed by atoms with Gasteiger partial charge in [0.05, 0.1) is 6.04 Å². The third-order valence-electron chi connectivity index (χ3n) is 4.43. The summed E-state index contributed by atoms with van der Waals surface area (Å²) in [7, 11) is 0. The lowest BCUT2D eigenvalue weighted by atomic mass is 10.1. The van der Waals surface area contributed by atoms with Crippen molar-refractivity contribution in [2.45, 2.75) is 19.0 Å². The fourth-order valence-electron chi connectivity index (χ4n) is 3.13. The number of aromatic nitrogens is 1. The smallest absolute Gasteiger partial charge is 0.233 e. The molecule has 2 heterocycles. The van der Waals surface area contributed by atoms with Gasteiger partial charge in [0.15, 0.2) is 0 Å². The molecule has 0 unspecified atom stereocenters. The van der Waals surface area contributed by atoms with Gasteiger partial charge in [-0.3, -0.25) is 0 Å².